The minimum atomic E-state index is -0.643. The molecule has 9 nitrogen and oxygen atoms in total. The number of pyridine rings is 1. The number of carbonyl (C=O) groups excluding carboxylic acids is 1. The van der Waals surface area contributed by atoms with Crippen molar-refractivity contribution in [2.24, 2.45) is 5.92 Å². The van der Waals surface area contributed by atoms with E-state index in [-0.39, 0.29) is 24.5 Å². The fraction of sp³-hybridized carbons (Fsp3) is 0.368. The summed E-state index contributed by atoms with van der Waals surface area (Å²) < 4.78 is 12.2. The van der Waals surface area contributed by atoms with E-state index in [1.54, 1.807) is 29.2 Å². The number of aromatic nitrogens is 1. The van der Waals surface area contributed by atoms with Gasteiger partial charge in [0.25, 0.3) is 5.91 Å². The first-order chi connectivity index (χ1) is 13.5. The maximum absolute atomic E-state index is 13.0. The van der Waals surface area contributed by atoms with Crippen LogP contribution in [0.4, 0.5) is 5.69 Å². The van der Waals surface area contributed by atoms with Gasteiger partial charge in [-0.1, -0.05) is 0 Å². The number of carbonyl (C=O) groups is 1. The van der Waals surface area contributed by atoms with Gasteiger partial charge in [-0.25, -0.2) is 0 Å². The number of hydrogen-bond donors (Lipinski definition) is 0. The molecule has 0 spiro atoms. The van der Waals surface area contributed by atoms with Crippen molar-refractivity contribution in [3.05, 3.63) is 62.1 Å². The highest BCUT2D eigenvalue weighted by atomic mass is 16.7. The molecule has 28 heavy (non-hydrogen) atoms. The van der Waals surface area contributed by atoms with Crippen molar-refractivity contribution >= 4 is 11.6 Å². The van der Waals surface area contributed by atoms with E-state index in [9.17, 15) is 19.7 Å². The molecule has 0 saturated carbocycles. The van der Waals surface area contributed by atoms with E-state index in [2.05, 4.69) is 0 Å². The van der Waals surface area contributed by atoms with Crippen LogP contribution in [0.25, 0.3) is 0 Å². The Morgan fingerprint density at radius 3 is 2.75 bits per heavy atom. The van der Waals surface area contributed by atoms with Crippen LogP contribution in [0.15, 0.2) is 35.1 Å². The molecule has 0 aliphatic carbocycles. The van der Waals surface area contributed by atoms with Crippen molar-refractivity contribution in [3.8, 4) is 11.5 Å². The van der Waals surface area contributed by atoms with Crippen molar-refractivity contribution in [2.45, 2.75) is 18.9 Å². The van der Waals surface area contributed by atoms with Crippen LogP contribution in [0, 0.1) is 16.0 Å². The van der Waals surface area contributed by atoms with Crippen molar-refractivity contribution < 1.29 is 19.2 Å². The van der Waals surface area contributed by atoms with Gasteiger partial charge < -0.3 is 18.9 Å². The minimum absolute atomic E-state index is 0.0148. The zero-order valence-electron chi connectivity index (χ0n) is 14.9. The predicted molar refractivity (Wildman–Crippen MR) is 96.7 cm³/mol. The molecule has 1 saturated heterocycles. The topological polar surface area (TPSA) is 104 Å². The van der Waals surface area contributed by atoms with E-state index < -0.39 is 16.2 Å². The third-order valence-electron chi connectivity index (χ3n) is 5.69. The van der Waals surface area contributed by atoms with Crippen LogP contribution < -0.4 is 15.0 Å². The number of benzene rings is 1. The van der Waals surface area contributed by atoms with Crippen molar-refractivity contribution in [1.29, 1.82) is 0 Å². The number of nitrogens with zero attached hydrogens (tertiary/aromatic N) is 3. The van der Waals surface area contributed by atoms with Crippen molar-refractivity contribution in [3.63, 3.8) is 0 Å². The molecule has 4 heterocycles. The van der Waals surface area contributed by atoms with Gasteiger partial charge in [0.15, 0.2) is 11.5 Å². The number of ether oxygens (including phenoxy) is 2. The smallest absolute Gasteiger partial charge is 0.334 e. The standard InChI is InChI=1S/C19H17N3O6/c23-18(12-1-4-16-17(6-12)28-10-27-16)20-7-11-5-13(9-20)14-2-3-15(22(25)26)19(24)21(14)8-11/h1-4,6,11,13H,5,7-10H2. The fourth-order valence-corrected chi connectivity index (χ4v) is 4.45. The lowest BCUT2D eigenvalue weighted by Crippen LogP contribution is -2.49. The molecule has 5 rings (SSSR count). The van der Waals surface area contributed by atoms with Crippen LogP contribution in [0.1, 0.15) is 28.4 Å². The van der Waals surface area contributed by atoms with Crippen LogP contribution in [0.3, 0.4) is 0 Å². The summed E-state index contributed by atoms with van der Waals surface area (Å²) in [5.41, 5.74) is 0.324. The molecule has 1 fully saturated rings. The normalized spacial score (nSPS) is 21.9. The van der Waals surface area contributed by atoms with Gasteiger partial charge in [-0.15, -0.1) is 0 Å². The molecule has 144 valence electrons. The highest BCUT2D eigenvalue weighted by Gasteiger charge is 2.38. The monoisotopic (exact) mass is 383 g/mol. The van der Waals surface area contributed by atoms with Crippen LogP contribution in [0.2, 0.25) is 0 Å². The summed E-state index contributed by atoms with van der Waals surface area (Å²) in [7, 11) is 0. The summed E-state index contributed by atoms with van der Waals surface area (Å²) in [5, 5.41) is 11.1. The second kappa shape index (κ2) is 6.08. The Bertz CT molecular complexity index is 1060. The van der Waals surface area contributed by atoms with Gasteiger partial charge in [-0.2, -0.15) is 0 Å². The number of amides is 1. The van der Waals surface area contributed by atoms with Gasteiger partial charge in [-0.05, 0) is 36.6 Å². The Kier molecular flexibility index (Phi) is 3.65. The molecular formula is C19H17N3O6. The quantitative estimate of drug-likeness (QED) is 0.578. The second-order valence-electron chi connectivity index (χ2n) is 7.39. The molecule has 2 atom stereocenters. The third-order valence-corrected chi connectivity index (χ3v) is 5.69. The van der Waals surface area contributed by atoms with E-state index >= 15 is 0 Å². The Hall–Kier alpha value is -3.36. The van der Waals surface area contributed by atoms with Gasteiger partial charge in [0.2, 0.25) is 6.79 Å². The van der Waals surface area contributed by atoms with Crippen molar-refractivity contribution in [2.75, 3.05) is 19.9 Å². The largest absolute Gasteiger partial charge is 0.454 e. The molecule has 1 aromatic heterocycles. The van der Waals surface area contributed by atoms with E-state index in [4.69, 9.17) is 9.47 Å². The maximum Gasteiger partial charge on any atom is 0.334 e. The summed E-state index contributed by atoms with van der Waals surface area (Å²) in [6.45, 7) is 1.52. The molecule has 2 unspecified atom stereocenters. The lowest BCUT2D eigenvalue weighted by molar-refractivity contribution is -0.386. The van der Waals surface area contributed by atoms with Gasteiger partial charge in [0.1, 0.15) is 0 Å². The Labute approximate surface area is 159 Å². The summed E-state index contributed by atoms with van der Waals surface area (Å²) in [5.74, 6) is 1.17. The summed E-state index contributed by atoms with van der Waals surface area (Å²) in [4.78, 5) is 37.7. The molecular weight excluding hydrogens is 366 g/mol. The van der Waals surface area contributed by atoms with E-state index in [1.807, 2.05) is 0 Å². The maximum atomic E-state index is 13.0. The Morgan fingerprint density at radius 1 is 1.11 bits per heavy atom. The number of piperidine rings is 1. The average Bonchev–Trinajstić information content (AvgIpc) is 3.15. The van der Waals surface area contributed by atoms with E-state index in [0.717, 1.165) is 12.1 Å². The number of hydrogen-bond acceptors (Lipinski definition) is 6. The molecule has 3 aliphatic heterocycles. The molecule has 0 radical (unpaired) electrons. The average molecular weight is 383 g/mol. The lowest BCUT2D eigenvalue weighted by Gasteiger charge is -2.42. The highest BCUT2D eigenvalue weighted by molar-refractivity contribution is 5.95. The zero-order chi connectivity index (χ0) is 19.4. The summed E-state index contributed by atoms with van der Waals surface area (Å²) >= 11 is 0. The molecule has 2 bridgehead atoms. The van der Waals surface area contributed by atoms with Gasteiger partial charge in [-0.3, -0.25) is 19.7 Å². The number of rotatable bonds is 2. The van der Waals surface area contributed by atoms with E-state index in [1.165, 1.54) is 10.6 Å². The molecule has 9 heteroatoms. The third kappa shape index (κ3) is 2.54. The SMILES string of the molecule is O=C(c1ccc2c(c1)OCO2)N1CC2CC(C1)c1ccc([N+](=O)[O-])c(=O)n1C2. The first-order valence-electron chi connectivity index (χ1n) is 9.08. The van der Waals surface area contributed by atoms with Crippen molar-refractivity contribution in [1.82, 2.24) is 9.47 Å². The minimum Gasteiger partial charge on any atom is -0.454 e. The molecule has 1 aromatic carbocycles. The second-order valence-corrected chi connectivity index (χ2v) is 7.39. The summed E-state index contributed by atoms with van der Waals surface area (Å²) in [6.07, 6.45) is 0.863. The molecule has 0 N–H and O–H groups in total. The predicted octanol–water partition coefficient (Wildman–Crippen LogP) is 1.74. The first kappa shape index (κ1) is 16.8. The van der Waals surface area contributed by atoms with Crippen LogP contribution in [0.5, 0.6) is 11.5 Å². The first-order valence-corrected chi connectivity index (χ1v) is 9.08. The van der Waals surface area contributed by atoms with Gasteiger partial charge in [0, 0.05) is 42.9 Å². The van der Waals surface area contributed by atoms with Crippen LogP contribution in [-0.2, 0) is 6.54 Å². The molecule has 1 amide bonds. The zero-order valence-corrected chi connectivity index (χ0v) is 14.9. The van der Waals surface area contributed by atoms with Crippen LogP contribution in [-0.4, -0.2) is 40.2 Å². The molecule has 2 aromatic rings. The lowest BCUT2D eigenvalue weighted by atomic mass is 9.83. The Balaban J connectivity index is 1.43. The number of fused-ring (bicyclic) bond motifs is 5. The fourth-order valence-electron chi connectivity index (χ4n) is 4.45. The number of likely N-dealkylation sites (tertiary alicyclic amines) is 1. The van der Waals surface area contributed by atoms with Gasteiger partial charge >= 0.3 is 11.2 Å². The number of nitro groups is 1. The van der Waals surface area contributed by atoms with E-state index in [0.29, 0.717) is 36.7 Å². The summed E-state index contributed by atoms with van der Waals surface area (Å²) in [6, 6.07) is 8.06. The highest BCUT2D eigenvalue weighted by Crippen LogP contribution is 2.37. The van der Waals surface area contributed by atoms with Gasteiger partial charge in [0.05, 0.1) is 4.92 Å². The molecule has 3 aliphatic rings. The van der Waals surface area contributed by atoms with Crippen LogP contribution >= 0.6 is 0 Å². The Morgan fingerprint density at radius 2 is 1.93 bits per heavy atom.